The van der Waals surface area contributed by atoms with Gasteiger partial charge in [-0.05, 0) is 51.0 Å². The minimum Gasteiger partial charge on any atom is -0.494 e. The largest absolute Gasteiger partial charge is 0.494 e. The Labute approximate surface area is 166 Å². The van der Waals surface area contributed by atoms with Crippen LogP contribution in [0.4, 0.5) is 4.79 Å². The standard InChI is InChI=1S/C19H29N3O5S/c1-3-26-16-6-8-17(9-7-16)28(24,25)22-12-10-21(11-13-22)19(23)20-15(2)18-5-4-14-27-18/h6-9,15,18H,3-5,10-14H2,1-2H3,(H,20,23)/t15-,18+/m0/s1. The van der Waals surface area contributed by atoms with Gasteiger partial charge in [0.1, 0.15) is 5.75 Å². The van der Waals surface area contributed by atoms with Gasteiger partial charge in [0.2, 0.25) is 10.0 Å². The monoisotopic (exact) mass is 411 g/mol. The van der Waals surface area contributed by atoms with E-state index in [4.69, 9.17) is 9.47 Å². The molecule has 0 aliphatic carbocycles. The lowest BCUT2D eigenvalue weighted by Gasteiger charge is -2.35. The molecule has 0 radical (unpaired) electrons. The second-order valence-electron chi connectivity index (χ2n) is 7.09. The number of urea groups is 1. The van der Waals surface area contributed by atoms with Crippen LogP contribution < -0.4 is 10.1 Å². The molecule has 2 aliphatic rings. The molecule has 0 aromatic heterocycles. The van der Waals surface area contributed by atoms with Gasteiger partial charge < -0.3 is 19.7 Å². The molecule has 0 saturated carbocycles. The van der Waals surface area contributed by atoms with Gasteiger partial charge in [0.25, 0.3) is 0 Å². The van der Waals surface area contributed by atoms with Gasteiger partial charge in [0.15, 0.2) is 0 Å². The summed E-state index contributed by atoms with van der Waals surface area (Å²) in [5.41, 5.74) is 0. The Morgan fingerprint density at radius 2 is 1.93 bits per heavy atom. The van der Waals surface area contributed by atoms with E-state index in [-0.39, 0.29) is 36.2 Å². The predicted octanol–water partition coefficient (Wildman–Crippen LogP) is 1.67. The van der Waals surface area contributed by atoms with E-state index in [0.29, 0.717) is 25.4 Å². The summed E-state index contributed by atoms with van der Waals surface area (Å²) in [6.45, 7) is 6.37. The third kappa shape index (κ3) is 4.76. The van der Waals surface area contributed by atoms with Crippen LogP contribution in [0.5, 0.6) is 5.75 Å². The number of nitrogens with one attached hydrogen (secondary N) is 1. The zero-order chi connectivity index (χ0) is 20.1. The number of rotatable bonds is 6. The first-order valence-corrected chi connectivity index (χ1v) is 11.3. The van der Waals surface area contributed by atoms with Crippen LogP contribution >= 0.6 is 0 Å². The molecule has 1 aromatic carbocycles. The maximum absolute atomic E-state index is 12.8. The van der Waals surface area contributed by atoms with Crippen LogP contribution in [0.1, 0.15) is 26.7 Å². The Bertz CT molecular complexity index is 754. The van der Waals surface area contributed by atoms with E-state index in [1.165, 1.54) is 4.31 Å². The lowest BCUT2D eigenvalue weighted by atomic mass is 10.1. The van der Waals surface area contributed by atoms with Crippen molar-refractivity contribution in [3.8, 4) is 5.75 Å². The van der Waals surface area contributed by atoms with Crippen molar-refractivity contribution < 1.29 is 22.7 Å². The SMILES string of the molecule is CCOc1ccc(S(=O)(=O)N2CCN(C(=O)N[C@@H](C)[C@H]3CCCO3)CC2)cc1. The Morgan fingerprint density at radius 1 is 1.25 bits per heavy atom. The van der Waals surface area contributed by atoms with Crippen molar-refractivity contribution in [3.63, 3.8) is 0 Å². The maximum atomic E-state index is 12.8. The highest BCUT2D eigenvalue weighted by Gasteiger charge is 2.31. The topological polar surface area (TPSA) is 88.2 Å². The third-order valence-corrected chi connectivity index (χ3v) is 7.08. The number of piperazine rings is 1. The molecule has 2 saturated heterocycles. The predicted molar refractivity (Wildman–Crippen MR) is 105 cm³/mol. The van der Waals surface area contributed by atoms with Gasteiger partial charge >= 0.3 is 6.03 Å². The second-order valence-corrected chi connectivity index (χ2v) is 9.02. The van der Waals surface area contributed by atoms with E-state index in [1.54, 1.807) is 29.2 Å². The second kappa shape index (κ2) is 9.11. The number of carbonyl (C=O) groups is 1. The summed E-state index contributed by atoms with van der Waals surface area (Å²) in [6, 6.07) is 6.21. The molecular weight excluding hydrogens is 382 g/mol. The molecule has 0 unspecified atom stereocenters. The number of hydrogen-bond acceptors (Lipinski definition) is 5. The molecule has 1 aromatic rings. The van der Waals surface area contributed by atoms with Crippen molar-refractivity contribution in [2.24, 2.45) is 0 Å². The lowest BCUT2D eigenvalue weighted by molar-refractivity contribution is 0.0821. The first kappa shape index (κ1) is 20.9. The van der Waals surface area contributed by atoms with Crippen LogP contribution in [0.25, 0.3) is 0 Å². The number of carbonyl (C=O) groups excluding carboxylic acids is 1. The normalized spacial score (nSPS) is 22.1. The van der Waals surface area contributed by atoms with Gasteiger partial charge in [-0.2, -0.15) is 4.31 Å². The van der Waals surface area contributed by atoms with E-state index < -0.39 is 10.0 Å². The molecule has 156 valence electrons. The molecule has 3 rings (SSSR count). The summed E-state index contributed by atoms with van der Waals surface area (Å²) in [5, 5.41) is 2.98. The Morgan fingerprint density at radius 3 is 2.50 bits per heavy atom. The Kier molecular flexibility index (Phi) is 6.79. The number of benzene rings is 1. The van der Waals surface area contributed by atoms with Crippen molar-refractivity contribution in [2.45, 2.75) is 43.7 Å². The zero-order valence-corrected chi connectivity index (χ0v) is 17.3. The van der Waals surface area contributed by atoms with E-state index in [2.05, 4.69) is 5.32 Å². The lowest BCUT2D eigenvalue weighted by Crippen LogP contribution is -2.55. The van der Waals surface area contributed by atoms with Crippen LogP contribution in [0, 0.1) is 0 Å². The van der Waals surface area contributed by atoms with E-state index in [9.17, 15) is 13.2 Å². The average molecular weight is 412 g/mol. The Balaban J connectivity index is 1.54. The number of nitrogens with zero attached hydrogens (tertiary/aromatic N) is 2. The molecule has 2 fully saturated rings. The molecule has 2 atom stereocenters. The minimum atomic E-state index is -3.58. The smallest absolute Gasteiger partial charge is 0.317 e. The molecule has 0 spiro atoms. The number of hydrogen-bond donors (Lipinski definition) is 1. The first-order chi connectivity index (χ1) is 13.4. The fourth-order valence-corrected chi connectivity index (χ4v) is 4.95. The van der Waals surface area contributed by atoms with E-state index in [1.807, 2.05) is 13.8 Å². The van der Waals surface area contributed by atoms with Gasteiger partial charge in [-0.1, -0.05) is 0 Å². The van der Waals surface area contributed by atoms with Crippen molar-refractivity contribution in [1.82, 2.24) is 14.5 Å². The van der Waals surface area contributed by atoms with Crippen molar-refractivity contribution in [1.29, 1.82) is 0 Å². The van der Waals surface area contributed by atoms with Gasteiger partial charge in [-0.3, -0.25) is 0 Å². The van der Waals surface area contributed by atoms with Crippen molar-refractivity contribution >= 4 is 16.1 Å². The van der Waals surface area contributed by atoms with Crippen LogP contribution in [-0.4, -0.2) is 75.2 Å². The molecular formula is C19H29N3O5S. The van der Waals surface area contributed by atoms with Gasteiger partial charge in [0.05, 0.1) is 23.6 Å². The van der Waals surface area contributed by atoms with Crippen molar-refractivity contribution in [3.05, 3.63) is 24.3 Å². The first-order valence-electron chi connectivity index (χ1n) is 9.82. The maximum Gasteiger partial charge on any atom is 0.317 e. The highest BCUT2D eigenvalue weighted by atomic mass is 32.2. The fourth-order valence-electron chi connectivity index (χ4n) is 3.53. The molecule has 8 nitrogen and oxygen atoms in total. The molecule has 2 aliphatic heterocycles. The molecule has 1 N–H and O–H groups in total. The number of sulfonamides is 1. The molecule has 9 heteroatoms. The summed E-state index contributed by atoms with van der Waals surface area (Å²) in [5.74, 6) is 0.642. The summed E-state index contributed by atoms with van der Waals surface area (Å²) < 4.78 is 38.1. The Hall–Kier alpha value is -1.84. The van der Waals surface area contributed by atoms with Crippen LogP contribution in [0.2, 0.25) is 0 Å². The summed E-state index contributed by atoms with van der Waals surface area (Å²) in [4.78, 5) is 14.4. The highest BCUT2D eigenvalue weighted by Crippen LogP contribution is 2.21. The van der Waals surface area contributed by atoms with Crippen LogP contribution in [0.3, 0.4) is 0 Å². The van der Waals surface area contributed by atoms with Gasteiger partial charge in [-0.25, -0.2) is 13.2 Å². The molecule has 0 bridgehead atoms. The summed E-state index contributed by atoms with van der Waals surface area (Å²) >= 11 is 0. The fraction of sp³-hybridized carbons (Fsp3) is 0.632. The van der Waals surface area contributed by atoms with Crippen LogP contribution in [-0.2, 0) is 14.8 Å². The zero-order valence-electron chi connectivity index (χ0n) is 16.5. The average Bonchev–Trinajstić information content (AvgIpc) is 3.24. The van der Waals surface area contributed by atoms with Gasteiger partial charge in [-0.15, -0.1) is 0 Å². The molecule has 2 amide bonds. The molecule has 2 heterocycles. The quantitative estimate of drug-likeness (QED) is 0.769. The molecule has 28 heavy (non-hydrogen) atoms. The highest BCUT2D eigenvalue weighted by molar-refractivity contribution is 7.89. The minimum absolute atomic E-state index is 0.0550. The number of amides is 2. The van der Waals surface area contributed by atoms with Crippen molar-refractivity contribution in [2.75, 3.05) is 39.4 Å². The van der Waals surface area contributed by atoms with Crippen LogP contribution in [0.15, 0.2) is 29.2 Å². The third-order valence-electron chi connectivity index (χ3n) is 5.17. The summed E-state index contributed by atoms with van der Waals surface area (Å²) in [6.07, 6.45) is 2.04. The number of ether oxygens (including phenoxy) is 2. The van der Waals surface area contributed by atoms with E-state index in [0.717, 1.165) is 19.4 Å². The van der Waals surface area contributed by atoms with E-state index >= 15 is 0 Å². The summed E-state index contributed by atoms with van der Waals surface area (Å²) in [7, 11) is -3.58. The van der Waals surface area contributed by atoms with Gasteiger partial charge in [0, 0.05) is 32.8 Å².